The lowest BCUT2D eigenvalue weighted by molar-refractivity contribution is -0.142. The normalized spacial score (nSPS) is 12.9. The van der Waals surface area contributed by atoms with Crippen LogP contribution in [0.4, 0.5) is 0 Å². The van der Waals surface area contributed by atoms with Crippen molar-refractivity contribution >= 4 is 27.8 Å². The lowest BCUT2D eigenvalue weighted by atomic mass is 9.86. The molecule has 0 saturated carbocycles. The second-order valence-electron chi connectivity index (χ2n) is 4.94. The van der Waals surface area contributed by atoms with E-state index in [1.807, 2.05) is 0 Å². The summed E-state index contributed by atoms with van der Waals surface area (Å²) in [7, 11) is 0. The second-order valence-corrected chi connectivity index (χ2v) is 5.80. The minimum Gasteiger partial charge on any atom is -0.480 e. The van der Waals surface area contributed by atoms with E-state index >= 15 is 0 Å². The van der Waals surface area contributed by atoms with Gasteiger partial charge < -0.3 is 10.4 Å². The highest BCUT2D eigenvalue weighted by Crippen LogP contribution is 2.20. The quantitative estimate of drug-likeness (QED) is 0.895. The predicted molar refractivity (Wildman–Crippen MR) is 70.3 cm³/mol. The maximum atomic E-state index is 12.0. The summed E-state index contributed by atoms with van der Waals surface area (Å²) in [6, 6.07) is 2.38. The van der Waals surface area contributed by atoms with Gasteiger partial charge in [-0.25, -0.2) is 9.78 Å². The third kappa shape index (κ3) is 3.53. The van der Waals surface area contributed by atoms with Gasteiger partial charge in [-0.2, -0.15) is 0 Å². The molecule has 5 nitrogen and oxygen atoms in total. The zero-order valence-electron chi connectivity index (χ0n) is 10.4. The third-order valence-electron chi connectivity index (χ3n) is 2.36. The van der Waals surface area contributed by atoms with Crippen LogP contribution in [0.25, 0.3) is 0 Å². The van der Waals surface area contributed by atoms with Crippen molar-refractivity contribution in [3.8, 4) is 0 Å². The fourth-order valence-corrected chi connectivity index (χ4v) is 1.84. The monoisotopic (exact) mass is 314 g/mol. The summed E-state index contributed by atoms with van der Waals surface area (Å²) in [6.45, 7) is 5.25. The Hall–Kier alpha value is -1.43. The van der Waals surface area contributed by atoms with Crippen molar-refractivity contribution in [3.05, 3.63) is 28.5 Å². The fraction of sp³-hybridized carbons (Fsp3) is 0.417. The molecular weight excluding hydrogens is 300 g/mol. The first-order chi connectivity index (χ1) is 8.23. The number of carbonyl (C=O) groups is 2. The van der Waals surface area contributed by atoms with Gasteiger partial charge in [0.05, 0.1) is 0 Å². The van der Waals surface area contributed by atoms with Crippen molar-refractivity contribution in [3.63, 3.8) is 0 Å². The number of amides is 1. The van der Waals surface area contributed by atoms with Gasteiger partial charge in [0.1, 0.15) is 11.7 Å². The number of aliphatic carboxylic acids is 1. The molecule has 1 heterocycles. The number of nitrogens with one attached hydrogen (secondary N) is 1. The molecule has 0 saturated heterocycles. The summed E-state index contributed by atoms with van der Waals surface area (Å²) in [5, 5.41) is 11.6. The standard InChI is InChI=1S/C12H15BrN2O3/c1-12(2,3)9(11(17)18)15-10(16)8-7(13)5-4-6-14-8/h4-6,9H,1-3H3,(H,15,16)(H,17,18)/t9-/m1/s1. The van der Waals surface area contributed by atoms with Gasteiger partial charge >= 0.3 is 5.97 Å². The van der Waals surface area contributed by atoms with E-state index in [0.717, 1.165) is 0 Å². The highest BCUT2D eigenvalue weighted by atomic mass is 79.9. The van der Waals surface area contributed by atoms with E-state index < -0.39 is 23.3 Å². The van der Waals surface area contributed by atoms with Crippen LogP contribution in [-0.4, -0.2) is 28.0 Å². The maximum absolute atomic E-state index is 12.0. The van der Waals surface area contributed by atoms with Crippen LogP contribution in [0.3, 0.4) is 0 Å². The van der Waals surface area contributed by atoms with Gasteiger partial charge in [-0.15, -0.1) is 0 Å². The van der Waals surface area contributed by atoms with Gasteiger partial charge in [-0.1, -0.05) is 20.8 Å². The first-order valence-corrected chi connectivity index (χ1v) is 6.17. The van der Waals surface area contributed by atoms with E-state index in [1.54, 1.807) is 32.9 Å². The predicted octanol–water partition coefficient (Wildman–Crippen LogP) is 2.07. The number of hydrogen-bond donors (Lipinski definition) is 2. The van der Waals surface area contributed by atoms with E-state index in [-0.39, 0.29) is 5.69 Å². The molecule has 98 valence electrons. The van der Waals surface area contributed by atoms with Crippen LogP contribution in [0.1, 0.15) is 31.3 Å². The summed E-state index contributed by atoms with van der Waals surface area (Å²) in [6.07, 6.45) is 1.48. The molecule has 0 fully saturated rings. The number of rotatable bonds is 3. The van der Waals surface area contributed by atoms with E-state index in [0.29, 0.717) is 4.47 Å². The Morgan fingerprint density at radius 1 is 1.44 bits per heavy atom. The van der Waals surface area contributed by atoms with Gasteiger partial charge in [0.25, 0.3) is 5.91 Å². The van der Waals surface area contributed by atoms with Gasteiger partial charge in [-0.3, -0.25) is 4.79 Å². The highest BCUT2D eigenvalue weighted by Gasteiger charge is 2.33. The molecule has 1 aromatic heterocycles. The molecular formula is C12H15BrN2O3. The average molecular weight is 315 g/mol. The van der Waals surface area contributed by atoms with Crippen molar-refractivity contribution in [2.75, 3.05) is 0 Å². The van der Waals surface area contributed by atoms with Crippen LogP contribution >= 0.6 is 15.9 Å². The number of halogens is 1. The fourth-order valence-electron chi connectivity index (χ4n) is 1.40. The number of carbonyl (C=O) groups excluding carboxylic acids is 1. The number of hydrogen-bond acceptors (Lipinski definition) is 3. The van der Waals surface area contributed by atoms with Crippen LogP contribution in [0.2, 0.25) is 0 Å². The number of carboxylic acids is 1. The van der Waals surface area contributed by atoms with E-state index in [9.17, 15) is 9.59 Å². The first-order valence-electron chi connectivity index (χ1n) is 5.37. The maximum Gasteiger partial charge on any atom is 0.326 e. The van der Waals surface area contributed by atoms with E-state index in [1.165, 1.54) is 6.20 Å². The summed E-state index contributed by atoms with van der Waals surface area (Å²) < 4.78 is 0.528. The minimum atomic E-state index is -1.07. The molecule has 1 amide bonds. The molecule has 1 rings (SSSR count). The number of carboxylic acid groups (broad SMARTS) is 1. The lowest BCUT2D eigenvalue weighted by Gasteiger charge is -2.27. The Kier molecular flexibility index (Phi) is 4.45. The summed E-state index contributed by atoms with van der Waals surface area (Å²) in [4.78, 5) is 27.0. The van der Waals surface area contributed by atoms with Crippen molar-refractivity contribution < 1.29 is 14.7 Å². The molecule has 0 spiro atoms. The number of aromatic nitrogens is 1. The smallest absolute Gasteiger partial charge is 0.326 e. The van der Waals surface area contributed by atoms with Crippen LogP contribution < -0.4 is 5.32 Å². The molecule has 0 radical (unpaired) electrons. The Balaban J connectivity index is 2.93. The van der Waals surface area contributed by atoms with Crippen LogP contribution in [0.15, 0.2) is 22.8 Å². The molecule has 0 aliphatic heterocycles. The van der Waals surface area contributed by atoms with Crippen molar-refractivity contribution in [1.82, 2.24) is 10.3 Å². The zero-order chi connectivity index (χ0) is 13.9. The Bertz CT molecular complexity index is 469. The highest BCUT2D eigenvalue weighted by molar-refractivity contribution is 9.10. The second kappa shape index (κ2) is 5.48. The van der Waals surface area contributed by atoms with Crippen LogP contribution in [0.5, 0.6) is 0 Å². The van der Waals surface area contributed by atoms with Crippen molar-refractivity contribution in [2.45, 2.75) is 26.8 Å². The molecule has 2 N–H and O–H groups in total. The molecule has 1 aromatic rings. The molecule has 0 bridgehead atoms. The summed E-state index contributed by atoms with van der Waals surface area (Å²) >= 11 is 3.20. The van der Waals surface area contributed by atoms with Gasteiger partial charge in [0.2, 0.25) is 0 Å². The number of nitrogens with zero attached hydrogens (tertiary/aromatic N) is 1. The summed E-state index contributed by atoms with van der Waals surface area (Å²) in [5.74, 6) is -1.58. The molecule has 6 heteroatoms. The van der Waals surface area contributed by atoms with Crippen molar-refractivity contribution in [1.29, 1.82) is 0 Å². The van der Waals surface area contributed by atoms with E-state index in [4.69, 9.17) is 5.11 Å². The topological polar surface area (TPSA) is 79.3 Å². The van der Waals surface area contributed by atoms with Crippen LogP contribution in [-0.2, 0) is 4.79 Å². The molecule has 0 aliphatic rings. The zero-order valence-corrected chi connectivity index (χ0v) is 12.0. The molecule has 0 aliphatic carbocycles. The largest absolute Gasteiger partial charge is 0.480 e. The van der Waals surface area contributed by atoms with Crippen LogP contribution in [0, 0.1) is 5.41 Å². The molecule has 0 aromatic carbocycles. The van der Waals surface area contributed by atoms with Crippen molar-refractivity contribution in [2.24, 2.45) is 5.41 Å². The minimum absolute atomic E-state index is 0.174. The molecule has 1 atom stereocenters. The van der Waals surface area contributed by atoms with Gasteiger partial charge in [-0.05, 0) is 33.5 Å². The Morgan fingerprint density at radius 3 is 2.50 bits per heavy atom. The summed E-state index contributed by atoms with van der Waals surface area (Å²) in [5.41, 5.74) is -0.407. The SMILES string of the molecule is CC(C)(C)[C@H](NC(=O)c1ncccc1Br)C(=O)O. The third-order valence-corrected chi connectivity index (χ3v) is 3.00. The van der Waals surface area contributed by atoms with E-state index in [2.05, 4.69) is 26.2 Å². The Labute approximate surface area is 114 Å². The number of pyridine rings is 1. The van der Waals surface area contributed by atoms with Gasteiger partial charge in [0.15, 0.2) is 0 Å². The average Bonchev–Trinajstić information content (AvgIpc) is 2.24. The van der Waals surface area contributed by atoms with Gasteiger partial charge in [0, 0.05) is 10.7 Å². The molecule has 18 heavy (non-hydrogen) atoms. The first kappa shape index (κ1) is 14.6. The molecule has 0 unspecified atom stereocenters. The Morgan fingerprint density at radius 2 is 2.06 bits per heavy atom. The lowest BCUT2D eigenvalue weighted by Crippen LogP contribution is -2.49.